The van der Waals surface area contributed by atoms with E-state index < -0.39 is 5.41 Å². The van der Waals surface area contributed by atoms with Gasteiger partial charge in [0.05, 0.1) is 24.2 Å². The van der Waals surface area contributed by atoms with E-state index in [0.717, 1.165) is 59.6 Å². The molecule has 4 aliphatic heterocycles. The van der Waals surface area contributed by atoms with Crippen LogP contribution in [-0.4, -0.2) is 86.3 Å². The zero-order valence-electron chi connectivity index (χ0n) is 26.9. The summed E-state index contributed by atoms with van der Waals surface area (Å²) in [7, 11) is 1.86. The van der Waals surface area contributed by atoms with E-state index in [9.17, 15) is 9.59 Å². The van der Waals surface area contributed by atoms with Gasteiger partial charge in [-0.05, 0) is 73.7 Å². The molecule has 10 heteroatoms. The molecule has 0 N–H and O–H groups in total. The van der Waals surface area contributed by atoms with Crippen LogP contribution in [0.2, 0.25) is 0 Å². The number of carbonyl (C=O) groups is 2. The highest BCUT2D eigenvalue weighted by atomic mass is 16.2. The van der Waals surface area contributed by atoms with Crippen LogP contribution >= 0.6 is 0 Å². The van der Waals surface area contributed by atoms with Crippen molar-refractivity contribution in [3.8, 4) is 11.4 Å². The fourth-order valence-electron chi connectivity index (χ4n) is 7.49. The lowest BCUT2D eigenvalue weighted by atomic mass is 9.85. The normalized spacial score (nSPS) is 21.0. The Morgan fingerprint density at radius 1 is 0.936 bits per heavy atom. The maximum atomic E-state index is 14.0. The summed E-state index contributed by atoms with van der Waals surface area (Å²) in [6, 6.07) is 18.7. The first-order chi connectivity index (χ1) is 22.8. The van der Waals surface area contributed by atoms with Crippen LogP contribution in [-0.2, 0) is 23.2 Å². The van der Waals surface area contributed by atoms with E-state index in [4.69, 9.17) is 4.99 Å². The van der Waals surface area contributed by atoms with Gasteiger partial charge in [-0.25, -0.2) is 4.98 Å². The van der Waals surface area contributed by atoms with Crippen molar-refractivity contribution in [2.75, 3.05) is 44.2 Å². The van der Waals surface area contributed by atoms with Crippen LogP contribution in [0.15, 0.2) is 78.2 Å². The number of fused-ring (bicyclic) bond motifs is 1. The molecule has 2 saturated heterocycles. The van der Waals surface area contributed by atoms with Gasteiger partial charge in [0.25, 0.3) is 0 Å². The Morgan fingerprint density at radius 3 is 2.49 bits per heavy atom. The Morgan fingerprint density at radius 2 is 1.74 bits per heavy atom. The van der Waals surface area contributed by atoms with Crippen LogP contribution in [0.5, 0.6) is 0 Å². The van der Waals surface area contributed by atoms with Gasteiger partial charge < -0.3 is 9.80 Å². The molecule has 2 fully saturated rings. The van der Waals surface area contributed by atoms with Gasteiger partial charge in [-0.15, -0.1) is 0 Å². The standard InChI is InChI=1S/C37H38N8O2/c1-25-3-4-30(21-38-25)34-32-19-31(10-9-29(32)20-39-34)45-18-14-37(36(45)47)13-17-43(23-37)22-33(46)44-15-11-27(12-16-44)26-5-7-28(8-6-26)35-40-24-42(2)41-35/h3-11,19,21,24H,12-18,20,22-23H2,1-2H3. The molecule has 0 radical (unpaired) electrons. The summed E-state index contributed by atoms with van der Waals surface area (Å²) in [6.45, 7) is 6.36. The van der Waals surface area contributed by atoms with Crippen molar-refractivity contribution in [1.29, 1.82) is 0 Å². The van der Waals surface area contributed by atoms with E-state index >= 15 is 0 Å². The maximum Gasteiger partial charge on any atom is 0.237 e. The lowest BCUT2D eigenvalue weighted by Crippen LogP contribution is -2.43. The first-order valence-electron chi connectivity index (χ1n) is 16.4. The second-order valence-corrected chi connectivity index (χ2v) is 13.3. The Kier molecular flexibility index (Phi) is 7.32. The number of hydrogen-bond donors (Lipinski definition) is 0. The predicted molar refractivity (Wildman–Crippen MR) is 181 cm³/mol. The molecule has 8 rings (SSSR count). The molecule has 47 heavy (non-hydrogen) atoms. The number of rotatable bonds is 6. The third kappa shape index (κ3) is 5.46. The van der Waals surface area contributed by atoms with E-state index in [1.807, 2.05) is 36.0 Å². The third-order valence-electron chi connectivity index (χ3n) is 10.2. The first-order valence-corrected chi connectivity index (χ1v) is 16.4. The third-order valence-corrected chi connectivity index (χ3v) is 10.2. The molecule has 238 valence electrons. The second kappa shape index (κ2) is 11.7. The minimum absolute atomic E-state index is 0.132. The molecule has 10 nitrogen and oxygen atoms in total. The molecule has 4 aliphatic rings. The van der Waals surface area contributed by atoms with Crippen molar-refractivity contribution in [2.24, 2.45) is 17.5 Å². The van der Waals surface area contributed by atoms with E-state index in [1.165, 1.54) is 16.7 Å². The highest BCUT2D eigenvalue weighted by molar-refractivity contribution is 6.15. The molecule has 0 saturated carbocycles. The Hall–Kier alpha value is -4.96. The van der Waals surface area contributed by atoms with Gasteiger partial charge in [0.1, 0.15) is 6.33 Å². The number of nitrogens with zero attached hydrogens (tertiary/aromatic N) is 8. The van der Waals surface area contributed by atoms with Crippen molar-refractivity contribution in [2.45, 2.75) is 32.7 Å². The van der Waals surface area contributed by atoms with Crippen LogP contribution in [0.4, 0.5) is 5.69 Å². The molecule has 1 unspecified atom stereocenters. The SMILES string of the molecule is Cc1ccc(C2=NCc3ccc(N4CCC5(CCN(CC(=O)N6CC=C(c7ccc(-c8ncn(C)n8)cc7)CC6)C5)C4=O)cc32)cn1. The summed E-state index contributed by atoms with van der Waals surface area (Å²) in [5.74, 6) is 1.02. The van der Waals surface area contributed by atoms with Crippen molar-refractivity contribution in [3.05, 3.63) is 101 Å². The summed E-state index contributed by atoms with van der Waals surface area (Å²) >= 11 is 0. The number of amides is 2. The number of carbonyl (C=O) groups excluding carboxylic acids is 2. The number of aryl methyl sites for hydroxylation is 2. The molecule has 4 aromatic rings. The molecule has 1 atom stereocenters. The molecule has 2 aromatic carbocycles. The first kappa shape index (κ1) is 29.4. The molecular formula is C37H38N8O2. The van der Waals surface area contributed by atoms with Gasteiger partial charge >= 0.3 is 0 Å². The number of aliphatic imine (C=N–C) groups is 1. The summed E-state index contributed by atoms with van der Waals surface area (Å²) in [4.78, 5) is 47.0. The fraction of sp³-hybridized carbons (Fsp3) is 0.351. The second-order valence-electron chi connectivity index (χ2n) is 13.3. The average molecular weight is 627 g/mol. The van der Waals surface area contributed by atoms with Crippen LogP contribution in [0.25, 0.3) is 17.0 Å². The number of anilines is 1. The zero-order valence-corrected chi connectivity index (χ0v) is 26.9. The van der Waals surface area contributed by atoms with Crippen molar-refractivity contribution < 1.29 is 9.59 Å². The van der Waals surface area contributed by atoms with E-state index in [2.05, 4.69) is 74.6 Å². The fourth-order valence-corrected chi connectivity index (χ4v) is 7.49. The lowest BCUT2D eigenvalue weighted by molar-refractivity contribution is -0.132. The van der Waals surface area contributed by atoms with Crippen molar-refractivity contribution in [1.82, 2.24) is 29.5 Å². The van der Waals surface area contributed by atoms with Crippen LogP contribution in [0.1, 0.15) is 47.2 Å². The molecule has 6 heterocycles. The molecular weight excluding hydrogens is 588 g/mol. The molecule has 2 aromatic heterocycles. The number of pyridine rings is 1. The van der Waals surface area contributed by atoms with Gasteiger partial charge in [-0.1, -0.05) is 36.4 Å². The Labute approximate surface area is 274 Å². The summed E-state index contributed by atoms with van der Waals surface area (Å²) in [5.41, 5.74) is 9.08. The smallest absolute Gasteiger partial charge is 0.237 e. The van der Waals surface area contributed by atoms with E-state index in [0.29, 0.717) is 45.1 Å². The van der Waals surface area contributed by atoms with Crippen molar-refractivity contribution in [3.63, 3.8) is 0 Å². The van der Waals surface area contributed by atoms with E-state index in [-0.39, 0.29) is 11.8 Å². The topological polar surface area (TPSA) is 99.8 Å². The Bertz CT molecular complexity index is 1930. The number of likely N-dealkylation sites (tertiary alicyclic amines) is 1. The number of aromatic nitrogens is 4. The monoisotopic (exact) mass is 626 g/mol. The number of hydrogen-bond acceptors (Lipinski definition) is 7. The van der Waals surface area contributed by atoms with Crippen LogP contribution in [0.3, 0.4) is 0 Å². The maximum absolute atomic E-state index is 14.0. The molecule has 0 aliphatic carbocycles. The Balaban J connectivity index is 0.883. The minimum Gasteiger partial charge on any atom is -0.338 e. The quantitative estimate of drug-likeness (QED) is 0.317. The van der Waals surface area contributed by atoms with Crippen LogP contribution in [0, 0.1) is 12.3 Å². The number of benzene rings is 2. The zero-order chi connectivity index (χ0) is 32.1. The van der Waals surface area contributed by atoms with Gasteiger partial charge in [-0.3, -0.25) is 29.1 Å². The molecule has 0 bridgehead atoms. The van der Waals surface area contributed by atoms with E-state index in [1.54, 1.807) is 11.0 Å². The van der Waals surface area contributed by atoms with Crippen LogP contribution < -0.4 is 4.90 Å². The van der Waals surface area contributed by atoms with Gasteiger partial charge in [0.15, 0.2) is 5.82 Å². The summed E-state index contributed by atoms with van der Waals surface area (Å²) < 4.78 is 1.70. The summed E-state index contributed by atoms with van der Waals surface area (Å²) in [6.07, 6.45) is 8.16. The molecule has 1 spiro atoms. The van der Waals surface area contributed by atoms with Gasteiger partial charge in [0, 0.05) is 67.5 Å². The average Bonchev–Trinajstić information content (AvgIpc) is 3.89. The largest absolute Gasteiger partial charge is 0.338 e. The van der Waals surface area contributed by atoms with Gasteiger partial charge in [0.2, 0.25) is 11.8 Å². The highest BCUT2D eigenvalue weighted by Crippen LogP contribution is 2.43. The predicted octanol–water partition coefficient (Wildman–Crippen LogP) is 4.28. The minimum atomic E-state index is -0.428. The van der Waals surface area contributed by atoms with Gasteiger partial charge in [-0.2, -0.15) is 5.10 Å². The summed E-state index contributed by atoms with van der Waals surface area (Å²) in [5, 5.41) is 4.38. The lowest BCUT2D eigenvalue weighted by Gasteiger charge is -2.29. The molecule has 2 amide bonds. The van der Waals surface area contributed by atoms with Crippen molar-refractivity contribution >= 4 is 28.8 Å². The highest BCUT2D eigenvalue weighted by Gasteiger charge is 2.51.